The number of carbonyl (C=O) groups is 1. The van der Waals surface area contributed by atoms with Crippen molar-refractivity contribution < 1.29 is 4.79 Å². The number of hydrogen-bond donors (Lipinski definition) is 1. The molecule has 2 aromatic carbocycles. The lowest BCUT2D eigenvalue weighted by Gasteiger charge is -2.28. The maximum atomic E-state index is 13.0. The molecule has 3 heteroatoms. The first-order chi connectivity index (χ1) is 13.0. The predicted octanol–water partition coefficient (Wildman–Crippen LogP) is 5.38. The molecule has 0 spiro atoms. The molecule has 0 saturated carbocycles. The van der Waals surface area contributed by atoms with Crippen molar-refractivity contribution >= 4 is 17.2 Å². The lowest BCUT2D eigenvalue weighted by atomic mass is 9.83. The minimum atomic E-state index is -0.492. The van der Waals surface area contributed by atoms with Crippen LogP contribution in [0.5, 0.6) is 0 Å². The van der Waals surface area contributed by atoms with Crippen LogP contribution in [-0.2, 0) is 15.7 Å². The van der Waals surface area contributed by atoms with Crippen LogP contribution in [0.3, 0.4) is 0 Å². The van der Waals surface area contributed by atoms with Crippen molar-refractivity contribution in [2.75, 3.05) is 11.9 Å². The van der Waals surface area contributed by atoms with Gasteiger partial charge in [0, 0.05) is 29.9 Å². The number of fused-ring (bicyclic) bond motifs is 1. The second-order valence-electron chi connectivity index (χ2n) is 8.71. The molecular weight excluding hydrogens is 344 g/mol. The highest BCUT2D eigenvalue weighted by Crippen LogP contribution is 2.46. The van der Waals surface area contributed by atoms with Gasteiger partial charge in [0.2, 0.25) is 5.91 Å². The van der Waals surface area contributed by atoms with E-state index >= 15 is 0 Å². The Morgan fingerprint density at radius 2 is 1.82 bits per heavy atom. The van der Waals surface area contributed by atoms with E-state index in [1.807, 2.05) is 52.1 Å². The number of likely N-dealkylation sites (N-methyl/N-ethyl adjacent to an activating group) is 1. The van der Waals surface area contributed by atoms with Gasteiger partial charge in [-0.3, -0.25) is 4.79 Å². The van der Waals surface area contributed by atoms with Crippen LogP contribution in [0.15, 0.2) is 66.9 Å². The van der Waals surface area contributed by atoms with Crippen molar-refractivity contribution in [3.05, 3.63) is 83.6 Å². The van der Waals surface area contributed by atoms with Gasteiger partial charge in [0.15, 0.2) is 0 Å². The molecule has 1 heterocycles. The highest BCUT2D eigenvalue weighted by atomic mass is 16.1. The molecule has 146 valence electrons. The van der Waals surface area contributed by atoms with Gasteiger partial charge in [-0.05, 0) is 49.6 Å². The molecule has 1 aliphatic heterocycles. The number of nitrogens with zero attached hydrogens (tertiary/aromatic N) is 1. The van der Waals surface area contributed by atoms with Crippen LogP contribution in [-0.4, -0.2) is 13.0 Å². The fraction of sp³-hybridized carbons (Fsp3) is 0.320. The second kappa shape index (κ2) is 6.97. The zero-order valence-electron chi connectivity index (χ0n) is 17.8. The second-order valence-corrected chi connectivity index (χ2v) is 8.71. The molecule has 0 aromatic heterocycles. The topological polar surface area (TPSA) is 32.3 Å². The number of hydrogen-bond acceptors (Lipinski definition) is 2. The quantitative estimate of drug-likeness (QED) is 0.729. The highest BCUT2D eigenvalue weighted by molar-refractivity contribution is 5.91. The third-order valence-corrected chi connectivity index (χ3v) is 5.72. The van der Waals surface area contributed by atoms with Gasteiger partial charge < -0.3 is 10.2 Å². The molecule has 0 radical (unpaired) electrons. The number of anilines is 1. The first kappa shape index (κ1) is 19.9. The van der Waals surface area contributed by atoms with E-state index < -0.39 is 5.54 Å². The van der Waals surface area contributed by atoms with Gasteiger partial charge in [-0.25, -0.2) is 0 Å². The molecule has 0 unspecified atom stereocenters. The number of rotatable bonds is 4. The van der Waals surface area contributed by atoms with E-state index in [2.05, 4.69) is 54.9 Å². The summed E-state index contributed by atoms with van der Waals surface area (Å²) in [5, 5.41) is 3.18. The van der Waals surface area contributed by atoms with Gasteiger partial charge in [0.1, 0.15) is 0 Å². The molecule has 0 saturated heterocycles. The summed E-state index contributed by atoms with van der Waals surface area (Å²) in [6.07, 6.45) is 1.74. The summed E-state index contributed by atoms with van der Waals surface area (Å²) in [7, 11) is 2.02. The van der Waals surface area contributed by atoms with E-state index in [-0.39, 0.29) is 11.3 Å². The largest absolute Gasteiger partial charge is 0.347 e. The van der Waals surface area contributed by atoms with Gasteiger partial charge >= 0.3 is 0 Å². The van der Waals surface area contributed by atoms with Crippen molar-refractivity contribution in [1.29, 1.82) is 0 Å². The average Bonchev–Trinajstić information content (AvgIpc) is 2.82. The molecule has 0 fully saturated rings. The van der Waals surface area contributed by atoms with Gasteiger partial charge in [-0.1, -0.05) is 62.4 Å². The molecule has 3 rings (SSSR count). The molecule has 2 aromatic rings. The number of allylic oxidation sites excluding steroid dienone is 2. The Kier molecular flexibility index (Phi) is 4.97. The Bertz CT molecular complexity index is 966. The zero-order chi connectivity index (χ0) is 20.7. The van der Waals surface area contributed by atoms with Crippen LogP contribution in [0.2, 0.25) is 0 Å². The summed E-state index contributed by atoms with van der Waals surface area (Å²) in [5.41, 5.74) is 5.84. The third-order valence-electron chi connectivity index (χ3n) is 5.72. The third kappa shape index (κ3) is 3.49. The zero-order valence-corrected chi connectivity index (χ0v) is 17.8. The van der Waals surface area contributed by atoms with Crippen LogP contribution in [0, 0.1) is 0 Å². The number of carbonyl (C=O) groups excluding carboxylic acids is 1. The summed E-state index contributed by atoms with van der Waals surface area (Å²) in [4.78, 5) is 15.1. The number of para-hydroxylation sites is 1. The number of benzene rings is 2. The highest BCUT2D eigenvalue weighted by Gasteiger charge is 2.38. The van der Waals surface area contributed by atoms with E-state index in [4.69, 9.17) is 0 Å². The summed E-state index contributed by atoms with van der Waals surface area (Å²) in [6.45, 7) is 14.4. The monoisotopic (exact) mass is 374 g/mol. The van der Waals surface area contributed by atoms with Gasteiger partial charge in [-0.2, -0.15) is 0 Å². The van der Waals surface area contributed by atoms with E-state index in [0.29, 0.717) is 0 Å². The van der Waals surface area contributed by atoms with Gasteiger partial charge in [0.05, 0.1) is 5.54 Å². The lowest BCUT2D eigenvalue weighted by molar-refractivity contribution is -0.118. The normalized spacial score (nSPS) is 16.8. The van der Waals surface area contributed by atoms with Crippen molar-refractivity contribution in [2.24, 2.45) is 0 Å². The fourth-order valence-corrected chi connectivity index (χ4v) is 3.97. The molecular formula is C25H30N2O. The molecule has 1 N–H and O–H groups in total. The number of nitrogens with one attached hydrogen (secondary N) is 1. The van der Waals surface area contributed by atoms with Crippen LogP contribution in [0.4, 0.5) is 5.69 Å². The van der Waals surface area contributed by atoms with Crippen LogP contribution < -0.4 is 10.2 Å². The summed E-state index contributed by atoms with van der Waals surface area (Å²) in [6, 6.07) is 16.5. The minimum Gasteiger partial charge on any atom is -0.347 e. The summed E-state index contributed by atoms with van der Waals surface area (Å²) < 4.78 is 0. The molecule has 1 aliphatic rings. The Hall–Kier alpha value is -2.81. The van der Waals surface area contributed by atoms with Crippen molar-refractivity contribution in [3.8, 4) is 0 Å². The molecule has 1 amide bonds. The van der Waals surface area contributed by atoms with E-state index in [0.717, 1.165) is 28.1 Å². The maximum Gasteiger partial charge on any atom is 0.246 e. The predicted molar refractivity (Wildman–Crippen MR) is 118 cm³/mol. The minimum absolute atomic E-state index is 0.0894. The van der Waals surface area contributed by atoms with Crippen molar-refractivity contribution in [1.82, 2.24) is 5.32 Å². The fourth-order valence-electron chi connectivity index (χ4n) is 3.97. The Balaban J connectivity index is 1.87. The first-order valence-electron chi connectivity index (χ1n) is 9.68. The standard InChI is InChI=1S/C25H30N2O/c1-17(2)18-11-10-12-19(15-18)25(5,6)26-23(28)16-22-24(3,4)20-13-8-9-14-21(20)27(22)7/h8-16H,1H2,2-7H3,(H,26,28)/b22-16+. The van der Waals surface area contributed by atoms with Crippen molar-refractivity contribution in [3.63, 3.8) is 0 Å². The summed E-state index contributed by atoms with van der Waals surface area (Å²) in [5.74, 6) is -0.0894. The van der Waals surface area contributed by atoms with E-state index in [1.54, 1.807) is 6.08 Å². The van der Waals surface area contributed by atoms with E-state index in [1.165, 1.54) is 5.56 Å². The van der Waals surface area contributed by atoms with E-state index in [9.17, 15) is 4.79 Å². The van der Waals surface area contributed by atoms with Crippen LogP contribution in [0.1, 0.15) is 51.3 Å². The maximum absolute atomic E-state index is 13.0. The SMILES string of the molecule is C=C(C)c1cccc(C(C)(C)NC(=O)/C=C2/N(C)c3ccccc3C2(C)C)c1. The molecule has 0 atom stereocenters. The van der Waals surface area contributed by atoms with Gasteiger partial charge in [0.25, 0.3) is 0 Å². The molecule has 28 heavy (non-hydrogen) atoms. The van der Waals surface area contributed by atoms with Crippen LogP contribution in [0.25, 0.3) is 5.57 Å². The average molecular weight is 375 g/mol. The van der Waals surface area contributed by atoms with Crippen LogP contribution >= 0.6 is 0 Å². The smallest absolute Gasteiger partial charge is 0.246 e. The first-order valence-corrected chi connectivity index (χ1v) is 9.68. The Labute approximate surface area is 168 Å². The molecule has 0 bridgehead atoms. The van der Waals surface area contributed by atoms with Crippen molar-refractivity contribution in [2.45, 2.75) is 45.6 Å². The van der Waals surface area contributed by atoms with Gasteiger partial charge in [-0.15, -0.1) is 0 Å². The molecule has 0 aliphatic carbocycles. The Morgan fingerprint density at radius 1 is 1.14 bits per heavy atom. The number of amides is 1. The lowest BCUT2D eigenvalue weighted by Crippen LogP contribution is -2.41. The molecule has 3 nitrogen and oxygen atoms in total. The summed E-state index contributed by atoms with van der Waals surface area (Å²) >= 11 is 0. The Morgan fingerprint density at radius 3 is 2.46 bits per heavy atom.